The molecule has 22 heavy (non-hydrogen) atoms. The van der Waals surface area contributed by atoms with Crippen molar-refractivity contribution in [1.82, 2.24) is 10.6 Å². The molecule has 0 unspecified atom stereocenters. The van der Waals surface area contributed by atoms with E-state index in [-0.39, 0.29) is 11.5 Å². The number of unbranched alkanes of at least 4 members (excludes halogenated alkanes) is 2. The van der Waals surface area contributed by atoms with E-state index in [4.69, 9.17) is 0 Å². The SMILES string of the molecule is C=CCNC(=O)CCCCCNC([O-])([O-])c1ccc(Br)cc1. The Morgan fingerprint density at radius 1 is 1.23 bits per heavy atom. The van der Waals surface area contributed by atoms with Gasteiger partial charge < -0.3 is 20.8 Å². The third kappa shape index (κ3) is 7.17. The Labute approximate surface area is 139 Å². The molecule has 0 radical (unpaired) electrons. The molecule has 0 saturated carbocycles. The van der Waals surface area contributed by atoms with Crippen LogP contribution in [0.3, 0.4) is 0 Å². The maximum atomic E-state index is 11.9. The van der Waals surface area contributed by atoms with E-state index in [2.05, 4.69) is 33.1 Å². The summed E-state index contributed by atoms with van der Waals surface area (Å²) in [4.78, 5) is 11.3. The van der Waals surface area contributed by atoms with E-state index in [0.29, 0.717) is 25.9 Å². The molecule has 0 aliphatic rings. The molecule has 122 valence electrons. The molecule has 0 fully saturated rings. The van der Waals surface area contributed by atoms with Crippen molar-refractivity contribution in [2.45, 2.75) is 31.6 Å². The van der Waals surface area contributed by atoms with E-state index in [1.54, 1.807) is 18.2 Å². The molecule has 5 nitrogen and oxygen atoms in total. The van der Waals surface area contributed by atoms with Crippen molar-refractivity contribution in [3.05, 3.63) is 47.0 Å². The summed E-state index contributed by atoms with van der Waals surface area (Å²) >= 11 is 3.26. The Hall–Kier alpha value is -1.21. The molecule has 0 heterocycles. The third-order valence-corrected chi connectivity index (χ3v) is 3.63. The number of halogens is 1. The number of nitrogens with one attached hydrogen (secondary N) is 2. The summed E-state index contributed by atoms with van der Waals surface area (Å²) in [6.45, 7) is 4.33. The van der Waals surface area contributed by atoms with Crippen LogP contribution in [0.5, 0.6) is 0 Å². The van der Waals surface area contributed by atoms with Gasteiger partial charge in [0.2, 0.25) is 5.91 Å². The highest BCUT2D eigenvalue weighted by atomic mass is 79.9. The predicted octanol–water partition coefficient (Wildman–Crippen LogP) is 0.732. The van der Waals surface area contributed by atoms with Gasteiger partial charge in [-0.3, -0.25) is 4.79 Å². The van der Waals surface area contributed by atoms with Crippen LogP contribution in [0.2, 0.25) is 0 Å². The number of carbonyl (C=O) groups is 1. The Bertz CT molecular complexity index is 475. The highest BCUT2D eigenvalue weighted by molar-refractivity contribution is 9.10. The fourth-order valence-electron chi connectivity index (χ4n) is 1.89. The van der Waals surface area contributed by atoms with E-state index >= 15 is 0 Å². The van der Waals surface area contributed by atoms with Gasteiger partial charge in [0.25, 0.3) is 0 Å². The van der Waals surface area contributed by atoms with Gasteiger partial charge in [-0.1, -0.05) is 46.1 Å². The molecule has 1 amide bonds. The van der Waals surface area contributed by atoms with Crippen LogP contribution in [0.4, 0.5) is 0 Å². The van der Waals surface area contributed by atoms with Crippen molar-refractivity contribution >= 4 is 21.8 Å². The molecular formula is C16H21BrN2O3-2. The number of amides is 1. The second-order valence-electron chi connectivity index (χ2n) is 4.95. The van der Waals surface area contributed by atoms with Gasteiger partial charge in [-0.2, -0.15) is 0 Å². The molecular weight excluding hydrogens is 348 g/mol. The normalized spacial score (nSPS) is 11.2. The largest absolute Gasteiger partial charge is 0.848 e. The lowest BCUT2D eigenvalue weighted by Gasteiger charge is -2.50. The van der Waals surface area contributed by atoms with Crippen LogP contribution in [0.25, 0.3) is 0 Å². The third-order valence-electron chi connectivity index (χ3n) is 3.11. The van der Waals surface area contributed by atoms with E-state index < -0.39 is 5.91 Å². The van der Waals surface area contributed by atoms with Crippen LogP contribution < -0.4 is 20.8 Å². The molecule has 0 aliphatic heterocycles. The van der Waals surface area contributed by atoms with Crippen molar-refractivity contribution in [2.75, 3.05) is 13.1 Å². The quantitative estimate of drug-likeness (QED) is 0.362. The summed E-state index contributed by atoms with van der Waals surface area (Å²) in [6, 6.07) is 6.37. The zero-order chi connectivity index (χ0) is 16.4. The first-order valence-corrected chi connectivity index (χ1v) is 8.04. The Kier molecular flexibility index (Phi) is 8.34. The van der Waals surface area contributed by atoms with Gasteiger partial charge in [0.15, 0.2) is 0 Å². The number of benzene rings is 1. The first kappa shape index (κ1) is 18.8. The number of hydrogen-bond donors (Lipinski definition) is 2. The first-order valence-electron chi connectivity index (χ1n) is 7.25. The summed E-state index contributed by atoms with van der Waals surface area (Å²) in [5.41, 5.74) is 0.166. The Morgan fingerprint density at radius 2 is 1.91 bits per heavy atom. The standard InChI is InChI=1S/C16H21BrN2O3/c1-2-11-18-15(20)6-4-3-5-12-19-16(21,22)13-7-9-14(17)10-8-13/h2,7-10,19H,1,3-6,11-12H2,(H,18,20)/q-2. The average Bonchev–Trinajstić information content (AvgIpc) is 2.49. The van der Waals surface area contributed by atoms with Crippen molar-refractivity contribution in [1.29, 1.82) is 0 Å². The van der Waals surface area contributed by atoms with Gasteiger partial charge in [-0.25, -0.2) is 0 Å². The summed E-state index contributed by atoms with van der Waals surface area (Å²) in [7, 11) is 0. The number of carbonyl (C=O) groups excluding carboxylic acids is 1. The molecule has 1 aromatic rings. The average molecular weight is 369 g/mol. The van der Waals surface area contributed by atoms with Crippen molar-refractivity contribution in [3.8, 4) is 0 Å². The molecule has 0 bridgehead atoms. The van der Waals surface area contributed by atoms with Gasteiger partial charge in [0.05, 0.1) is 0 Å². The lowest BCUT2D eigenvalue weighted by molar-refractivity contribution is -0.744. The summed E-state index contributed by atoms with van der Waals surface area (Å²) in [5, 5.41) is 29.0. The van der Waals surface area contributed by atoms with Crippen LogP contribution in [-0.2, 0) is 10.7 Å². The van der Waals surface area contributed by atoms with Gasteiger partial charge in [-0.15, -0.1) is 12.5 Å². The molecule has 1 aromatic carbocycles. The van der Waals surface area contributed by atoms with Crippen molar-refractivity contribution in [3.63, 3.8) is 0 Å². The highest BCUT2D eigenvalue weighted by Gasteiger charge is 2.04. The molecule has 0 aliphatic carbocycles. The molecule has 0 saturated heterocycles. The van der Waals surface area contributed by atoms with Gasteiger partial charge in [-0.05, 0) is 31.5 Å². The van der Waals surface area contributed by atoms with Crippen molar-refractivity contribution in [2.24, 2.45) is 0 Å². The van der Waals surface area contributed by atoms with E-state index in [0.717, 1.165) is 17.3 Å². The smallest absolute Gasteiger partial charge is 0.220 e. The lowest BCUT2D eigenvalue weighted by Crippen LogP contribution is -2.63. The van der Waals surface area contributed by atoms with Gasteiger partial charge in [0, 0.05) is 17.4 Å². The molecule has 0 spiro atoms. The first-order chi connectivity index (χ1) is 10.5. The molecule has 6 heteroatoms. The van der Waals surface area contributed by atoms with Crippen LogP contribution in [0, 0.1) is 0 Å². The minimum absolute atomic E-state index is 0.00952. The Balaban J connectivity index is 2.19. The monoisotopic (exact) mass is 368 g/mol. The lowest BCUT2D eigenvalue weighted by atomic mass is 10.1. The van der Waals surface area contributed by atoms with Crippen LogP contribution in [-0.4, -0.2) is 19.0 Å². The second-order valence-corrected chi connectivity index (χ2v) is 5.87. The second kappa shape index (κ2) is 9.74. The van der Waals surface area contributed by atoms with E-state index in [9.17, 15) is 15.0 Å². The predicted molar refractivity (Wildman–Crippen MR) is 85.5 cm³/mol. The zero-order valence-electron chi connectivity index (χ0n) is 12.4. The summed E-state index contributed by atoms with van der Waals surface area (Å²) in [5.74, 6) is -2.55. The van der Waals surface area contributed by atoms with Crippen molar-refractivity contribution < 1.29 is 15.0 Å². The fraction of sp³-hybridized carbons (Fsp3) is 0.438. The van der Waals surface area contributed by atoms with Gasteiger partial charge in [0.1, 0.15) is 0 Å². The topological polar surface area (TPSA) is 87.2 Å². The maximum Gasteiger partial charge on any atom is 0.220 e. The maximum absolute atomic E-state index is 11.9. The molecule has 0 atom stereocenters. The minimum Gasteiger partial charge on any atom is -0.848 e. The number of rotatable bonds is 10. The van der Waals surface area contributed by atoms with Gasteiger partial charge >= 0.3 is 0 Å². The molecule has 0 aromatic heterocycles. The minimum atomic E-state index is -2.54. The van der Waals surface area contributed by atoms with Crippen LogP contribution >= 0.6 is 15.9 Å². The summed E-state index contributed by atoms with van der Waals surface area (Å²) < 4.78 is 0.821. The summed E-state index contributed by atoms with van der Waals surface area (Å²) in [6.07, 6.45) is 4.27. The highest BCUT2D eigenvalue weighted by Crippen LogP contribution is 2.14. The van der Waals surface area contributed by atoms with Crippen LogP contribution in [0.1, 0.15) is 31.2 Å². The molecule has 2 N–H and O–H groups in total. The van der Waals surface area contributed by atoms with E-state index in [1.807, 2.05) is 0 Å². The zero-order valence-corrected chi connectivity index (χ0v) is 14.0. The Morgan fingerprint density at radius 3 is 2.55 bits per heavy atom. The number of hydrogen-bond acceptors (Lipinski definition) is 4. The fourth-order valence-corrected chi connectivity index (χ4v) is 2.15. The van der Waals surface area contributed by atoms with E-state index in [1.165, 1.54) is 12.1 Å². The van der Waals surface area contributed by atoms with Crippen LogP contribution in [0.15, 0.2) is 41.4 Å². The molecule has 1 rings (SSSR count).